The summed E-state index contributed by atoms with van der Waals surface area (Å²) in [4.78, 5) is 0. The first-order valence-electron chi connectivity index (χ1n) is 7.12. The SMILES string of the molecule is CC1(C)CC(NCCc2ccccc2)c2cccn21. The number of hydrogen-bond acceptors (Lipinski definition) is 1. The van der Waals surface area contributed by atoms with E-state index >= 15 is 0 Å². The van der Waals surface area contributed by atoms with Gasteiger partial charge in [-0.25, -0.2) is 0 Å². The first kappa shape index (κ1) is 12.5. The fourth-order valence-electron chi connectivity index (χ4n) is 3.14. The van der Waals surface area contributed by atoms with E-state index in [0.717, 1.165) is 13.0 Å². The highest BCUT2D eigenvalue weighted by Crippen LogP contribution is 2.38. The molecule has 1 aromatic heterocycles. The van der Waals surface area contributed by atoms with Gasteiger partial charge in [0.05, 0.1) is 0 Å². The van der Waals surface area contributed by atoms with Crippen LogP contribution in [0.4, 0.5) is 0 Å². The van der Waals surface area contributed by atoms with Gasteiger partial charge < -0.3 is 9.88 Å². The minimum Gasteiger partial charge on any atom is -0.344 e. The second-order valence-corrected chi connectivity index (χ2v) is 6.06. The molecule has 2 nitrogen and oxygen atoms in total. The molecule has 2 heterocycles. The lowest BCUT2D eigenvalue weighted by atomic mass is 9.99. The predicted octanol–water partition coefficient (Wildman–Crippen LogP) is 3.50. The van der Waals surface area contributed by atoms with Crippen molar-refractivity contribution in [1.29, 1.82) is 0 Å². The fourth-order valence-corrected chi connectivity index (χ4v) is 3.14. The van der Waals surface area contributed by atoms with Crippen LogP contribution < -0.4 is 5.32 Å². The minimum absolute atomic E-state index is 0.239. The molecule has 0 fully saturated rings. The molecule has 0 aliphatic carbocycles. The van der Waals surface area contributed by atoms with E-state index in [4.69, 9.17) is 0 Å². The summed E-state index contributed by atoms with van der Waals surface area (Å²) < 4.78 is 2.41. The Morgan fingerprint density at radius 3 is 2.74 bits per heavy atom. The van der Waals surface area contributed by atoms with Crippen molar-refractivity contribution in [3.63, 3.8) is 0 Å². The van der Waals surface area contributed by atoms with Gasteiger partial charge in [0.25, 0.3) is 0 Å². The lowest BCUT2D eigenvalue weighted by Crippen LogP contribution is -2.24. The highest BCUT2D eigenvalue weighted by Gasteiger charge is 2.35. The van der Waals surface area contributed by atoms with Gasteiger partial charge in [-0.3, -0.25) is 0 Å². The maximum atomic E-state index is 3.71. The van der Waals surface area contributed by atoms with Crippen LogP contribution in [0.5, 0.6) is 0 Å². The Labute approximate surface area is 115 Å². The number of nitrogens with zero attached hydrogens (tertiary/aromatic N) is 1. The van der Waals surface area contributed by atoms with Crippen LogP contribution in [0.15, 0.2) is 48.7 Å². The van der Waals surface area contributed by atoms with E-state index < -0.39 is 0 Å². The molecular formula is C17H22N2. The zero-order valence-corrected chi connectivity index (χ0v) is 11.8. The molecular weight excluding hydrogens is 232 g/mol. The van der Waals surface area contributed by atoms with Gasteiger partial charge >= 0.3 is 0 Å². The number of fused-ring (bicyclic) bond motifs is 1. The van der Waals surface area contributed by atoms with E-state index in [1.54, 1.807) is 0 Å². The van der Waals surface area contributed by atoms with Crippen molar-refractivity contribution < 1.29 is 0 Å². The normalized spacial score (nSPS) is 20.4. The highest BCUT2D eigenvalue weighted by molar-refractivity contribution is 5.21. The predicted molar refractivity (Wildman–Crippen MR) is 79.3 cm³/mol. The van der Waals surface area contributed by atoms with Crippen LogP contribution in [0.25, 0.3) is 0 Å². The topological polar surface area (TPSA) is 17.0 Å². The summed E-state index contributed by atoms with van der Waals surface area (Å²) in [5.41, 5.74) is 3.07. The third-order valence-corrected chi connectivity index (χ3v) is 4.14. The summed E-state index contributed by atoms with van der Waals surface area (Å²) in [6.45, 7) is 5.67. The largest absolute Gasteiger partial charge is 0.344 e. The van der Waals surface area contributed by atoms with Crippen LogP contribution in [0, 0.1) is 0 Å². The van der Waals surface area contributed by atoms with Crippen LogP contribution >= 0.6 is 0 Å². The summed E-state index contributed by atoms with van der Waals surface area (Å²) in [6, 6.07) is 15.6. The zero-order valence-electron chi connectivity index (χ0n) is 11.8. The van der Waals surface area contributed by atoms with Gasteiger partial charge in [-0.2, -0.15) is 0 Å². The van der Waals surface area contributed by atoms with Crippen molar-refractivity contribution in [3.05, 3.63) is 59.9 Å². The van der Waals surface area contributed by atoms with E-state index in [1.165, 1.54) is 17.7 Å². The molecule has 100 valence electrons. The van der Waals surface area contributed by atoms with Crippen molar-refractivity contribution >= 4 is 0 Å². The number of rotatable bonds is 4. The average Bonchev–Trinajstić information content (AvgIpc) is 2.96. The molecule has 0 saturated heterocycles. The van der Waals surface area contributed by atoms with E-state index in [9.17, 15) is 0 Å². The average molecular weight is 254 g/mol. The molecule has 1 unspecified atom stereocenters. The van der Waals surface area contributed by atoms with Crippen LogP contribution in [0.2, 0.25) is 0 Å². The van der Waals surface area contributed by atoms with E-state index in [-0.39, 0.29) is 5.54 Å². The summed E-state index contributed by atoms with van der Waals surface area (Å²) in [6.07, 6.45) is 4.48. The van der Waals surface area contributed by atoms with Crippen molar-refractivity contribution in [2.24, 2.45) is 0 Å². The summed E-state index contributed by atoms with van der Waals surface area (Å²) >= 11 is 0. The second kappa shape index (κ2) is 4.86. The lowest BCUT2D eigenvalue weighted by molar-refractivity contribution is 0.349. The van der Waals surface area contributed by atoms with Gasteiger partial charge in [0.1, 0.15) is 0 Å². The van der Waals surface area contributed by atoms with Crippen molar-refractivity contribution in [3.8, 4) is 0 Å². The molecule has 1 atom stereocenters. The molecule has 3 rings (SSSR count). The molecule has 1 aliphatic heterocycles. The van der Waals surface area contributed by atoms with Crippen LogP contribution in [0.1, 0.15) is 37.6 Å². The maximum absolute atomic E-state index is 3.71. The van der Waals surface area contributed by atoms with Gasteiger partial charge in [-0.1, -0.05) is 30.3 Å². The molecule has 0 saturated carbocycles. The van der Waals surface area contributed by atoms with Crippen LogP contribution in [0.3, 0.4) is 0 Å². The van der Waals surface area contributed by atoms with Crippen molar-refractivity contribution in [2.75, 3.05) is 6.54 Å². The first-order chi connectivity index (χ1) is 9.17. The quantitative estimate of drug-likeness (QED) is 0.883. The molecule has 2 heteroatoms. The Bertz CT molecular complexity index is 539. The van der Waals surface area contributed by atoms with Gasteiger partial charge in [0, 0.05) is 23.5 Å². The number of benzene rings is 1. The van der Waals surface area contributed by atoms with Crippen LogP contribution in [-0.4, -0.2) is 11.1 Å². The Hall–Kier alpha value is -1.54. The Morgan fingerprint density at radius 2 is 1.95 bits per heavy atom. The van der Waals surface area contributed by atoms with E-state index in [2.05, 4.69) is 72.4 Å². The third kappa shape index (κ3) is 2.45. The van der Waals surface area contributed by atoms with Crippen molar-refractivity contribution in [2.45, 2.75) is 38.3 Å². The molecule has 0 radical (unpaired) electrons. The van der Waals surface area contributed by atoms with Gasteiger partial charge in [0.15, 0.2) is 0 Å². The lowest BCUT2D eigenvalue weighted by Gasteiger charge is -2.21. The Balaban J connectivity index is 1.61. The van der Waals surface area contributed by atoms with Gasteiger partial charge in [-0.15, -0.1) is 0 Å². The highest BCUT2D eigenvalue weighted by atomic mass is 15.1. The first-order valence-corrected chi connectivity index (χ1v) is 7.12. The monoisotopic (exact) mass is 254 g/mol. The smallest absolute Gasteiger partial charge is 0.0497 e. The number of nitrogens with one attached hydrogen (secondary N) is 1. The van der Waals surface area contributed by atoms with Gasteiger partial charge in [-0.05, 0) is 50.9 Å². The standard InChI is InChI=1S/C17H22N2/c1-17(2)13-15(16-9-6-12-19(16)17)18-11-10-14-7-4-3-5-8-14/h3-9,12,15,18H,10-11,13H2,1-2H3. The van der Waals surface area contributed by atoms with Gasteiger partial charge in [0.2, 0.25) is 0 Å². The summed E-state index contributed by atoms with van der Waals surface area (Å²) in [5.74, 6) is 0. The molecule has 0 amide bonds. The van der Waals surface area contributed by atoms with E-state index in [1.807, 2.05) is 0 Å². The van der Waals surface area contributed by atoms with E-state index in [0.29, 0.717) is 6.04 Å². The fraction of sp³-hybridized carbons (Fsp3) is 0.412. The second-order valence-electron chi connectivity index (χ2n) is 6.06. The van der Waals surface area contributed by atoms with Crippen molar-refractivity contribution in [1.82, 2.24) is 9.88 Å². The summed E-state index contributed by atoms with van der Waals surface area (Å²) in [7, 11) is 0. The molecule has 1 aromatic carbocycles. The molecule has 0 spiro atoms. The molecule has 2 aromatic rings. The zero-order chi connectivity index (χ0) is 13.3. The minimum atomic E-state index is 0.239. The molecule has 19 heavy (non-hydrogen) atoms. The Morgan fingerprint density at radius 1 is 1.16 bits per heavy atom. The summed E-state index contributed by atoms with van der Waals surface area (Å²) in [5, 5.41) is 3.71. The molecule has 1 N–H and O–H groups in total. The molecule has 1 aliphatic rings. The Kier molecular flexibility index (Phi) is 3.19. The van der Waals surface area contributed by atoms with Crippen LogP contribution in [-0.2, 0) is 12.0 Å². The third-order valence-electron chi connectivity index (χ3n) is 4.14. The number of hydrogen-bond donors (Lipinski definition) is 1. The maximum Gasteiger partial charge on any atom is 0.0497 e. The number of aromatic nitrogens is 1. The molecule has 0 bridgehead atoms.